The second-order valence-corrected chi connectivity index (χ2v) is 7.04. The van der Waals surface area contributed by atoms with Crippen LogP contribution in [0.2, 0.25) is 0 Å². The summed E-state index contributed by atoms with van der Waals surface area (Å²) < 4.78 is 46.0. The number of carbonyl (C=O) groups is 1. The molecule has 1 heterocycles. The number of halogens is 3. The first kappa shape index (κ1) is 23.5. The number of alkyl halides is 3. The number of non-ortho nitro benzene ring substituents is 1. The molecule has 8 nitrogen and oxygen atoms in total. The average molecular weight is 460 g/mol. The van der Waals surface area contributed by atoms with Crippen molar-refractivity contribution >= 4 is 17.8 Å². The number of ether oxygens (including phenoxy) is 1. The van der Waals surface area contributed by atoms with Crippen LogP contribution in [0.5, 0.6) is 5.75 Å². The SMILES string of the molecule is Cc1cc(/C=N/NC(=O)COc2ccc([N+](=O)[O-])cc2)c(C)n1-c1cccc(C(F)(F)F)c1. The minimum absolute atomic E-state index is 0.0980. The van der Waals surface area contributed by atoms with E-state index in [1.165, 1.54) is 36.5 Å². The lowest BCUT2D eigenvalue weighted by atomic mass is 10.2. The van der Waals surface area contributed by atoms with Gasteiger partial charge in [0, 0.05) is 34.8 Å². The summed E-state index contributed by atoms with van der Waals surface area (Å²) in [6.45, 7) is 3.12. The van der Waals surface area contributed by atoms with E-state index >= 15 is 0 Å². The Morgan fingerprint density at radius 3 is 2.52 bits per heavy atom. The number of hydrogen-bond acceptors (Lipinski definition) is 5. The Morgan fingerprint density at radius 2 is 1.88 bits per heavy atom. The van der Waals surface area contributed by atoms with Gasteiger partial charge in [0.05, 0.1) is 16.7 Å². The molecule has 0 spiro atoms. The minimum atomic E-state index is -4.45. The van der Waals surface area contributed by atoms with Crippen molar-refractivity contribution < 1.29 is 27.6 Å². The Labute approximate surface area is 186 Å². The van der Waals surface area contributed by atoms with Gasteiger partial charge in [-0.25, -0.2) is 5.43 Å². The molecule has 0 fully saturated rings. The second-order valence-electron chi connectivity index (χ2n) is 7.04. The zero-order valence-corrected chi connectivity index (χ0v) is 17.6. The fraction of sp³-hybridized carbons (Fsp3) is 0.182. The zero-order chi connectivity index (χ0) is 24.2. The smallest absolute Gasteiger partial charge is 0.416 e. The third kappa shape index (κ3) is 5.76. The van der Waals surface area contributed by atoms with Crippen LogP contribution in [-0.2, 0) is 11.0 Å². The molecule has 3 rings (SSSR count). The van der Waals surface area contributed by atoms with Crippen LogP contribution < -0.4 is 10.2 Å². The molecule has 33 heavy (non-hydrogen) atoms. The van der Waals surface area contributed by atoms with E-state index in [1.807, 2.05) is 0 Å². The van der Waals surface area contributed by atoms with Gasteiger partial charge in [-0.2, -0.15) is 18.3 Å². The highest BCUT2D eigenvalue weighted by Gasteiger charge is 2.30. The largest absolute Gasteiger partial charge is 0.484 e. The number of carbonyl (C=O) groups excluding carboxylic acids is 1. The second kappa shape index (κ2) is 9.55. The van der Waals surface area contributed by atoms with Crippen LogP contribution in [-0.4, -0.2) is 28.2 Å². The molecule has 0 aliphatic rings. The molecule has 0 radical (unpaired) electrons. The lowest BCUT2D eigenvalue weighted by Crippen LogP contribution is -2.24. The predicted molar refractivity (Wildman–Crippen MR) is 115 cm³/mol. The Morgan fingerprint density at radius 1 is 1.18 bits per heavy atom. The molecule has 0 unspecified atom stereocenters. The molecule has 0 aliphatic carbocycles. The number of aromatic nitrogens is 1. The molecule has 0 saturated heterocycles. The number of hydrazone groups is 1. The fourth-order valence-corrected chi connectivity index (χ4v) is 3.16. The highest BCUT2D eigenvalue weighted by molar-refractivity contribution is 5.84. The standard InChI is InChI=1S/C22H19F3N4O4/c1-14-10-16(15(2)28(14)19-5-3-4-17(11-19)22(23,24)25)12-26-27-21(30)13-33-20-8-6-18(7-9-20)29(31)32/h3-12H,13H2,1-2H3,(H,27,30)/b26-12+. The topological polar surface area (TPSA) is 98.8 Å². The number of rotatable bonds is 7. The van der Waals surface area contributed by atoms with E-state index in [-0.39, 0.29) is 18.0 Å². The summed E-state index contributed by atoms with van der Waals surface area (Å²) in [5.74, 6) is -0.277. The van der Waals surface area contributed by atoms with Crippen LogP contribution in [0.1, 0.15) is 22.5 Å². The number of benzene rings is 2. The molecule has 0 atom stereocenters. The molecule has 0 aliphatic heterocycles. The van der Waals surface area contributed by atoms with E-state index in [1.54, 1.807) is 30.5 Å². The predicted octanol–water partition coefficient (Wildman–Crippen LogP) is 4.55. The van der Waals surface area contributed by atoms with Crippen molar-refractivity contribution in [1.82, 2.24) is 9.99 Å². The van der Waals surface area contributed by atoms with Gasteiger partial charge in [0.1, 0.15) is 5.75 Å². The maximum Gasteiger partial charge on any atom is 0.416 e. The van der Waals surface area contributed by atoms with E-state index < -0.39 is 22.6 Å². The first-order chi connectivity index (χ1) is 15.6. The summed E-state index contributed by atoms with van der Waals surface area (Å²) in [6, 6.07) is 12.0. The van der Waals surface area contributed by atoms with E-state index in [9.17, 15) is 28.1 Å². The lowest BCUT2D eigenvalue weighted by Gasteiger charge is -2.13. The summed E-state index contributed by atoms with van der Waals surface area (Å²) >= 11 is 0. The van der Waals surface area contributed by atoms with Crippen LogP contribution in [0, 0.1) is 24.0 Å². The molecule has 3 aromatic rings. The molecule has 11 heteroatoms. The molecule has 2 aromatic carbocycles. The normalized spacial score (nSPS) is 11.5. The van der Waals surface area contributed by atoms with Crippen molar-refractivity contribution in [2.24, 2.45) is 5.10 Å². The van der Waals surface area contributed by atoms with Gasteiger partial charge in [0.15, 0.2) is 6.61 Å². The average Bonchev–Trinajstić information content (AvgIpc) is 3.05. The van der Waals surface area contributed by atoms with Crippen molar-refractivity contribution in [3.63, 3.8) is 0 Å². The number of amides is 1. The van der Waals surface area contributed by atoms with Gasteiger partial charge in [-0.3, -0.25) is 14.9 Å². The first-order valence-corrected chi connectivity index (χ1v) is 9.62. The van der Waals surface area contributed by atoms with E-state index in [0.717, 1.165) is 12.1 Å². The van der Waals surface area contributed by atoms with Crippen molar-refractivity contribution in [2.45, 2.75) is 20.0 Å². The third-order valence-corrected chi connectivity index (χ3v) is 4.71. The lowest BCUT2D eigenvalue weighted by molar-refractivity contribution is -0.384. The Bertz CT molecular complexity index is 1200. The fourth-order valence-electron chi connectivity index (χ4n) is 3.16. The van der Waals surface area contributed by atoms with Gasteiger partial charge in [0.2, 0.25) is 0 Å². The molecular weight excluding hydrogens is 441 g/mol. The summed E-state index contributed by atoms with van der Waals surface area (Å²) in [4.78, 5) is 22.0. The minimum Gasteiger partial charge on any atom is -0.484 e. The monoisotopic (exact) mass is 460 g/mol. The molecule has 172 valence electrons. The molecule has 1 amide bonds. The molecule has 1 aromatic heterocycles. The zero-order valence-electron chi connectivity index (χ0n) is 17.6. The summed E-state index contributed by atoms with van der Waals surface area (Å²) in [5, 5.41) is 14.5. The maximum absolute atomic E-state index is 13.0. The Balaban J connectivity index is 1.64. The van der Waals surface area contributed by atoms with Crippen LogP contribution in [0.3, 0.4) is 0 Å². The molecular formula is C22H19F3N4O4. The van der Waals surface area contributed by atoms with Gasteiger partial charge < -0.3 is 9.30 Å². The highest BCUT2D eigenvalue weighted by Crippen LogP contribution is 2.31. The van der Waals surface area contributed by atoms with Crippen LogP contribution >= 0.6 is 0 Å². The number of nitrogens with zero attached hydrogens (tertiary/aromatic N) is 3. The number of nitro benzene ring substituents is 1. The molecule has 1 N–H and O–H groups in total. The number of hydrogen-bond donors (Lipinski definition) is 1. The summed E-state index contributed by atoms with van der Waals surface area (Å²) in [7, 11) is 0. The summed E-state index contributed by atoms with van der Waals surface area (Å²) in [6.07, 6.45) is -3.06. The van der Waals surface area contributed by atoms with Gasteiger partial charge in [-0.1, -0.05) is 6.07 Å². The quantitative estimate of drug-likeness (QED) is 0.318. The number of nitrogens with one attached hydrogen (secondary N) is 1. The Kier molecular flexibility index (Phi) is 6.80. The molecule has 0 bridgehead atoms. The van der Waals surface area contributed by atoms with Crippen molar-refractivity contribution in [3.8, 4) is 11.4 Å². The Hall–Kier alpha value is -4.15. The maximum atomic E-state index is 13.0. The van der Waals surface area contributed by atoms with Crippen LogP contribution in [0.15, 0.2) is 59.7 Å². The molecule has 0 saturated carbocycles. The van der Waals surface area contributed by atoms with Gasteiger partial charge >= 0.3 is 6.18 Å². The first-order valence-electron chi connectivity index (χ1n) is 9.62. The van der Waals surface area contributed by atoms with Gasteiger partial charge in [-0.05, 0) is 50.2 Å². The van der Waals surface area contributed by atoms with Crippen molar-refractivity contribution in [1.29, 1.82) is 0 Å². The van der Waals surface area contributed by atoms with E-state index in [2.05, 4.69) is 10.5 Å². The van der Waals surface area contributed by atoms with Crippen molar-refractivity contribution in [2.75, 3.05) is 6.61 Å². The number of aryl methyl sites for hydroxylation is 1. The van der Waals surface area contributed by atoms with Gasteiger partial charge in [0.25, 0.3) is 11.6 Å². The van der Waals surface area contributed by atoms with E-state index in [4.69, 9.17) is 4.74 Å². The summed E-state index contributed by atoms with van der Waals surface area (Å²) in [5.41, 5.74) is 3.76. The van der Waals surface area contributed by atoms with Gasteiger partial charge in [-0.15, -0.1) is 0 Å². The van der Waals surface area contributed by atoms with Crippen LogP contribution in [0.4, 0.5) is 18.9 Å². The highest BCUT2D eigenvalue weighted by atomic mass is 19.4. The van der Waals surface area contributed by atoms with E-state index in [0.29, 0.717) is 22.6 Å². The van der Waals surface area contributed by atoms with Crippen molar-refractivity contribution in [3.05, 3.63) is 87.2 Å². The van der Waals surface area contributed by atoms with Crippen LogP contribution in [0.25, 0.3) is 5.69 Å². The third-order valence-electron chi connectivity index (χ3n) is 4.71. The number of nitro groups is 1.